The van der Waals surface area contributed by atoms with Gasteiger partial charge in [0.2, 0.25) is 9.84 Å². The van der Waals surface area contributed by atoms with Crippen molar-refractivity contribution in [2.45, 2.75) is 31.4 Å². The largest absolute Gasteiger partial charge is 0.349 e. The number of hydrogen-bond acceptors (Lipinski definition) is 5. The number of thioether (sulfide) groups is 1. The Labute approximate surface area is 188 Å². The van der Waals surface area contributed by atoms with E-state index in [0.29, 0.717) is 10.8 Å². The van der Waals surface area contributed by atoms with Gasteiger partial charge in [0.15, 0.2) is 4.91 Å². The van der Waals surface area contributed by atoms with Gasteiger partial charge in [0.05, 0.1) is 4.90 Å². The van der Waals surface area contributed by atoms with Gasteiger partial charge in [-0.25, -0.2) is 8.42 Å². The Balaban J connectivity index is 2.08. The number of nitrogens with zero attached hydrogens (tertiary/aromatic N) is 1. The van der Waals surface area contributed by atoms with Crippen molar-refractivity contribution in [2.75, 3.05) is 5.32 Å². The number of rotatable bonds is 7. The van der Waals surface area contributed by atoms with Gasteiger partial charge >= 0.3 is 0 Å². The Morgan fingerprint density at radius 2 is 1.55 bits per heavy atom. The summed E-state index contributed by atoms with van der Waals surface area (Å²) in [6.45, 7) is 5.98. The summed E-state index contributed by atoms with van der Waals surface area (Å²) >= 11 is 1.32. The Hall–Kier alpha value is -3.01. The highest BCUT2D eigenvalue weighted by atomic mass is 32.2. The van der Waals surface area contributed by atoms with Gasteiger partial charge in [-0.2, -0.15) is 5.26 Å². The number of hydrogen-bond donors (Lipinski definition) is 1. The minimum Gasteiger partial charge on any atom is -0.349 e. The highest BCUT2D eigenvalue weighted by molar-refractivity contribution is 8.04. The van der Waals surface area contributed by atoms with Gasteiger partial charge in [0.25, 0.3) is 0 Å². The summed E-state index contributed by atoms with van der Waals surface area (Å²) in [6.07, 6.45) is 0. The first kappa shape index (κ1) is 22.7. The first-order chi connectivity index (χ1) is 14.8. The molecule has 0 saturated heterocycles. The molecule has 0 saturated carbocycles. The maximum atomic E-state index is 13.3. The van der Waals surface area contributed by atoms with Gasteiger partial charge in [0, 0.05) is 11.4 Å². The van der Waals surface area contributed by atoms with Crippen LogP contribution < -0.4 is 5.32 Å². The van der Waals surface area contributed by atoms with E-state index >= 15 is 0 Å². The van der Waals surface area contributed by atoms with Crippen molar-refractivity contribution in [3.63, 3.8) is 0 Å². The molecule has 0 aliphatic heterocycles. The lowest BCUT2D eigenvalue weighted by molar-refractivity contribution is 0.603. The van der Waals surface area contributed by atoms with E-state index < -0.39 is 9.84 Å². The van der Waals surface area contributed by atoms with E-state index in [9.17, 15) is 13.7 Å². The number of anilines is 1. The predicted octanol–water partition coefficient (Wildman–Crippen LogP) is 6.12. The van der Waals surface area contributed by atoms with Crippen molar-refractivity contribution in [2.24, 2.45) is 0 Å². The average molecular weight is 449 g/mol. The van der Waals surface area contributed by atoms with Gasteiger partial charge in [-0.1, -0.05) is 48.5 Å². The average Bonchev–Trinajstić information content (AvgIpc) is 2.73. The standard InChI is InChI=1S/C25H24N2O2S2/c1-18-13-19(2)15-22(14-18)27-25(30-17-21-10-8-7-9-20(21)3)24(16-26)31(28,29)23-11-5-4-6-12-23/h4-15,27H,17H2,1-3H3/b25-24+. The van der Waals surface area contributed by atoms with Gasteiger partial charge in [0.1, 0.15) is 11.1 Å². The van der Waals surface area contributed by atoms with Gasteiger partial charge in [-0.05, 0) is 67.3 Å². The molecule has 0 spiro atoms. The lowest BCUT2D eigenvalue weighted by Crippen LogP contribution is -2.10. The fourth-order valence-corrected chi connectivity index (χ4v) is 5.87. The maximum Gasteiger partial charge on any atom is 0.219 e. The third-order valence-corrected chi connectivity index (χ3v) is 7.65. The quantitative estimate of drug-likeness (QED) is 0.441. The predicted molar refractivity (Wildman–Crippen MR) is 128 cm³/mol. The Morgan fingerprint density at radius 3 is 2.16 bits per heavy atom. The van der Waals surface area contributed by atoms with Crippen molar-refractivity contribution >= 4 is 27.3 Å². The number of allylic oxidation sites excluding steroid dienone is 1. The Bertz CT molecular complexity index is 1240. The molecule has 3 aromatic carbocycles. The van der Waals surface area contributed by atoms with Crippen molar-refractivity contribution in [1.82, 2.24) is 0 Å². The summed E-state index contributed by atoms with van der Waals surface area (Å²) in [4.78, 5) is -0.181. The summed E-state index contributed by atoms with van der Waals surface area (Å²) in [7, 11) is -3.97. The zero-order chi connectivity index (χ0) is 22.4. The smallest absolute Gasteiger partial charge is 0.219 e. The molecular formula is C25H24N2O2S2. The summed E-state index contributed by atoms with van der Waals surface area (Å²) in [5, 5.41) is 13.4. The first-order valence-electron chi connectivity index (χ1n) is 9.78. The molecule has 1 N–H and O–H groups in total. The normalized spacial score (nSPS) is 12.1. The number of nitrogens with one attached hydrogen (secondary N) is 1. The van der Waals surface area contributed by atoms with Crippen molar-refractivity contribution in [3.8, 4) is 6.07 Å². The lowest BCUT2D eigenvalue weighted by atomic mass is 10.1. The zero-order valence-electron chi connectivity index (χ0n) is 17.7. The van der Waals surface area contributed by atoms with Crippen molar-refractivity contribution in [3.05, 3.63) is 105 Å². The van der Waals surface area contributed by atoms with E-state index in [2.05, 4.69) is 5.32 Å². The van der Waals surface area contributed by atoms with Crippen molar-refractivity contribution in [1.29, 1.82) is 5.26 Å². The second-order valence-corrected chi connectivity index (χ2v) is 10.2. The van der Waals surface area contributed by atoms with Crippen LogP contribution >= 0.6 is 11.8 Å². The lowest BCUT2D eigenvalue weighted by Gasteiger charge is -2.15. The third-order valence-electron chi connectivity index (χ3n) is 4.74. The van der Waals surface area contributed by atoms with Crippen LogP contribution in [0.25, 0.3) is 0 Å². The minimum atomic E-state index is -3.97. The molecule has 4 nitrogen and oxygen atoms in total. The molecule has 6 heteroatoms. The summed E-state index contributed by atoms with van der Waals surface area (Å²) < 4.78 is 26.5. The topological polar surface area (TPSA) is 70.0 Å². The van der Waals surface area contributed by atoms with Crippen LogP contribution in [0.1, 0.15) is 22.3 Å². The molecule has 31 heavy (non-hydrogen) atoms. The molecule has 0 heterocycles. The minimum absolute atomic E-state index is 0.0998. The third kappa shape index (κ3) is 5.57. The number of benzene rings is 3. The molecule has 0 radical (unpaired) electrons. The summed E-state index contributed by atoms with van der Waals surface area (Å²) in [6, 6.07) is 23.9. The van der Waals surface area contributed by atoms with Crippen molar-refractivity contribution < 1.29 is 8.42 Å². The van der Waals surface area contributed by atoms with Gasteiger partial charge in [-0.15, -0.1) is 11.8 Å². The SMILES string of the molecule is Cc1cc(C)cc(N/C(SCc2ccccc2C)=C(/C#N)S(=O)(=O)c2ccccc2)c1. The molecule has 3 aromatic rings. The van der Waals surface area contributed by atoms with Crippen LogP contribution in [0.3, 0.4) is 0 Å². The van der Waals surface area contributed by atoms with E-state index in [1.807, 2.05) is 69.3 Å². The monoisotopic (exact) mass is 448 g/mol. The van der Waals surface area contributed by atoms with Gasteiger partial charge < -0.3 is 5.32 Å². The molecule has 0 fully saturated rings. The first-order valence-corrected chi connectivity index (χ1v) is 12.3. The van der Waals surface area contributed by atoms with Crippen LogP contribution in [0.2, 0.25) is 0 Å². The number of nitriles is 1. The van der Waals surface area contributed by atoms with Crippen LogP contribution in [0, 0.1) is 32.1 Å². The van der Waals surface area contributed by atoms with E-state index in [4.69, 9.17) is 0 Å². The van der Waals surface area contributed by atoms with Crippen LogP contribution in [-0.2, 0) is 15.6 Å². The summed E-state index contributed by atoms with van der Waals surface area (Å²) in [5.41, 5.74) is 5.05. The fourth-order valence-electron chi connectivity index (χ4n) is 3.21. The molecule has 0 aliphatic carbocycles. The molecular weight excluding hydrogens is 424 g/mol. The molecule has 0 atom stereocenters. The van der Waals surface area contributed by atoms with E-state index in [1.54, 1.807) is 18.2 Å². The molecule has 0 unspecified atom stereocenters. The van der Waals surface area contributed by atoms with Gasteiger partial charge in [-0.3, -0.25) is 0 Å². The molecule has 0 aromatic heterocycles. The molecule has 0 aliphatic rings. The van der Waals surface area contributed by atoms with E-state index in [0.717, 1.165) is 27.9 Å². The maximum absolute atomic E-state index is 13.3. The van der Waals surface area contributed by atoms with Crippen LogP contribution in [-0.4, -0.2) is 8.42 Å². The summed E-state index contributed by atoms with van der Waals surface area (Å²) in [5.74, 6) is 0.537. The highest BCUT2D eigenvalue weighted by Gasteiger charge is 2.25. The highest BCUT2D eigenvalue weighted by Crippen LogP contribution is 2.32. The molecule has 0 amide bonds. The Kier molecular flexibility index (Phi) is 7.21. The fraction of sp³-hybridized carbons (Fsp3) is 0.160. The molecule has 158 valence electrons. The van der Waals surface area contributed by atoms with E-state index in [-0.39, 0.29) is 9.80 Å². The van der Waals surface area contributed by atoms with E-state index in [1.165, 1.54) is 23.9 Å². The molecule has 0 bridgehead atoms. The van der Waals surface area contributed by atoms with Crippen LogP contribution in [0.5, 0.6) is 0 Å². The second-order valence-electron chi connectivity index (χ2n) is 7.30. The molecule has 3 rings (SSSR count). The number of aryl methyl sites for hydroxylation is 3. The zero-order valence-corrected chi connectivity index (χ0v) is 19.3. The van der Waals surface area contributed by atoms with Crippen LogP contribution in [0.4, 0.5) is 5.69 Å². The Morgan fingerprint density at radius 1 is 0.935 bits per heavy atom. The number of sulfone groups is 1. The van der Waals surface area contributed by atoms with Crippen LogP contribution in [0.15, 0.2) is 87.6 Å². The second kappa shape index (κ2) is 9.86.